The van der Waals surface area contributed by atoms with Crippen LogP contribution in [0.4, 0.5) is 11.8 Å². The van der Waals surface area contributed by atoms with E-state index < -0.39 is 0 Å². The van der Waals surface area contributed by atoms with Gasteiger partial charge < -0.3 is 15.0 Å². The van der Waals surface area contributed by atoms with Crippen molar-refractivity contribution in [3.63, 3.8) is 0 Å². The van der Waals surface area contributed by atoms with Crippen LogP contribution in [0.25, 0.3) is 0 Å². The van der Waals surface area contributed by atoms with Crippen molar-refractivity contribution in [2.75, 3.05) is 43.1 Å². The van der Waals surface area contributed by atoms with Crippen LogP contribution < -0.4 is 10.2 Å². The van der Waals surface area contributed by atoms with Gasteiger partial charge in [0.25, 0.3) is 0 Å². The van der Waals surface area contributed by atoms with E-state index in [1.165, 1.54) is 6.42 Å². The molecule has 1 aliphatic rings. The van der Waals surface area contributed by atoms with Gasteiger partial charge in [-0.25, -0.2) is 4.98 Å². The van der Waals surface area contributed by atoms with Crippen molar-refractivity contribution in [3.05, 3.63) is 12.3 Å². The Hall–Kier alpha value is -1.36. The molecule has 0 aromatic carbocycles. The maximum atomic E-state index is 5.32. The Morgan fingerprint density at radius 1 is 1.41 bits per heavy atom. The molecule has 1 aromatic rings. The van der Waals surface area contributed by atoms with E-state index in [0.717, 1.165) is 51.0 Å². The van der Waals surface area contributed by atoms with E-state index >= 15 is 0 Å². The van der Waals surface area contributed by atoms with Crippen LogP contribution in [0.1, 0.15) is 19.8 Å². The summed E-state index contributed by atoms with van der Waals surface area (Å²) in [5.41, 5.74) is 0. The van der Waals surface area contributed by atoms with E-state index in [9.17, 15) is 0 Å². The molecular formula is C12H20N4O. The first-order valence-electron chi connectivity index (χ1n) is 6.30. The highest BCUT2D eigenvalue weighted by Gasteiger charge is 2.13. The highest BCUT2D eigenvalue weighted by Crippen LogP contribution is 2.12. The maximum Gasteiger partial charge on any atom is 0.227 e. The molecule has 94 valence electrons. The van der Waals surface area contributed by atoms with E-state index in [-0.39, 0.29) is 0 Å². The first kappa shape index (κ1) is 12.1. The second-order valence-electron chi connectivity index (χ2n) is 4.12. The van der Waals surface area contributed by atoms with E-state index in [4.69, 9.17) is 4.74 Å². The fourth-order valence-corrected chi connectivity index (χ4v) is 1.76. The molecule has 1 aliphatic heterocycles. The number of nitrogens with one attached hydrogen (secondary N) is 1. The topological polar surface area (TPSA) is 50.3 Å². The van der Waals surface area contributed by atoms with Crippen molar-refractivity contribution in [1.29, 1.82) is 0 Å². The van der Waals surface area contributed by atoms with Gasteiger partial charge in [0, 0.05) is 25.8 Å². The molecule has 1 aromatic heterocycles. The fraction of sp³-hybridized carbons (Fsp3) is 0.667. The molecule has 5 heteroatoms. The molecule has 1 N–H and O–H groups in total. The molecule has 0 aliphatic carbocycles. The van der Waals surface area contributed by atoms with Gasteiger partial charge in [0.2, 0.25) is 5.95 Å². The zero-order valence-corrected chi connectivity index (χ0v) is 10.4. The molecule has 17 heavy (non-hydrogen) atoms. The van der Waals surface area contributed by atoms with Gasteiger partial charge >= 0.3 is 0 Å². The van der Waals surface area contributed by atoms with Crippen LogP contribution in [0, 0.1) is 0 Å². The molecule has 5 nitrogen and oxygen atoms in total. The summed E-state index contributed by atoms with van der Waals surface area (Å²) in [7, 11) is 0. The number of hydrogen-bond acceptors (Lipinski definition) is 5. The zero-order chi connectivity index (χ0) is 11.9. The Kier molecular flexibility index (Phi) is 4.55. The lowest BCUT2D eigenvalue weighted by Gasteiger charge is -2.26. The van der Waals surface area contributed by atoms with Crippen LogP contribution in [0.5, 0.6) is 0 Å². The number of aromatic nitrogens is 2. The molecule has 0 radical (unpaired) electrons. The van der Waals surface area contributed by atoms with Gasteiger partial charge in [-0.2, -0.15) is 4.98 Å². The van der Waals surface area contributed by atoms with Crippen molar-refractivity contribution in [2.24, 2.45) is 0 Å². The first-order chi connectivity index (χ1) is 8.40. The minimum atomic E-state index is 0.761. The highest BCUT2D eigenvalue weighted by molar-refractivity contribution is 5.41. The number of unbranched alkanes of at least 4 members (excludes halogenated alkanes) is 1. The molecule has 2 heterocycles. The SMILES string of the molecule is CCCCNc1ccnc(N2CCOCC2)n1. The van der Waals surface area contributed by atoms with Gasteiger partial charge in [0.1, 0.15) is 5.82 Å². The molecule has 0 bridgehead atoms. The summed E-state index contributed by atoms with van der Waals surface area (Å²) in [6.45, 7) is 6.42. The normalized spacial score (nSPS) is 15.9. The van der Waals surface area contributed by atoms with Crippen LogP contribution in [0.2, 0.25) is 0 Å². The summed E-state index contributed by atoms with van der Waals surface area (Å²) in [6.07, 6.45) is 4.16. The summed E-state index contributed by atoms with van der Waals surface area (Å²) >= 11 is 0. The lowest BCUT2D eigenvalue weighted by Crippen LogP contribution is -2.37. The molecular weight excluding hydrogens is 216 g/mol. The van der Waals surface area contributed by atoms with Crippen LogP contribution in [-0.2, 0) is 4.74 Å². The molecule has 0 unspecified atom stereocenters. The second kappa shape index (κ2) is 6.39. The average molecular weight is 236 g/mol. The Balaban J connectivity index is 1.95. The summed E-state index contributed by atoms with van der Waals surface area (Å²) in [5.74, 6) is 1.71. The third-order valence-electron chi connectivity index (χ3n) is 2.77. The molecule has 0 atom stereocenters. The first-order valence-corrected chi connectivity index (χ1v) is 6.30. The van der Waals surface area contributed by atoms with E-state index in [0.29, 0.717) is 0 Å². The smallest absolute Gasteiger partial charge is 0.227 e. The van der Waals surface area contributed by atoms with Crippen LogP contribution in [0.3, 0.4) is 0 Å². The quantitative estimate of drug-likeness (QED) is 0.786. The van der Waals surface area contributed by atoms with Crippen molar-refractivity contribution in [1.82, 2.24) is 9.97 Å². The maximum absolute atomic E-state index is 5.32. The van der Waals surface area contributed by atoms with Gasteiger partial charge in [0.05, 0.1) is 13.2 Å². The molecule has 2 rings (SSSR count). The molecule has 0 spiro atoms. The number of morpholine rings is 1. The Morgan fingerprint density at radius 2 is 2.24 bits per heavy atom. The minimum Gasteiger partial charge on any atom is -0.378 e. The van der Waals surface area contributed by atoms with Gasteiger partial charge in [0.15, 0.2) is 0 Å². The lowest BCUT2D eigenvalue weighted by molar-refractivity contribution is 0.122. The number of rotatable bonds is 5. The van der Waals surface area contributed by atoms with Crippen LogP contribution >= 0.6 is 0 Å². The highest BCUT2D eigenvalue weighted by atomic mass is 16.5. The van der Waals surface area contributed by atoms with Gasteiger partial charge in [-0.15, -0.1) is 0 Å². The minimum absolute atomic E-state index is 0.761. The number of hydrogen-bond donors (Lipinski definition) is 1. The average Bonchev–Trinajstić information content (AvgIpc) is 2.41. The summed E-state index contributed by atoms with van der Waals surface area (Å²) in [5, 5.41) is 3.32. The predicted molar refractivity (Wildman–Crippen MR) is 68.5 cm³/mol. The molecule has 0 saturated carbocycles. The Morgan fingerprint density at radius 3 is 3.00 bits per heavy atom. The summed E-state index contributed by atoms with van der Waals surface area (Å²) in [6, 6.07) is 1.92. The van der Waals surface area contributed by atoms with Crippen molar-refractivity contribution >= 4 is 11.8 Å². The van der Waals surface area contributed by atoms with Gasteiger partial charge in [-0.3, -0.25) is 0 Å². The van der Waals surface area contributed by atoms with Crippen molar-refractivity contribution in [2.45, 2.75) is 19.8 Å². The van der Waals surface area contributed by atoms with E-state index in [2.05, 4.69) is 27.1 Å². The largest absolute Gasteiger partial charge is 0.378 e. The van der Waals surface area contributed by atoms with Gasteiger partial charge in [-0.1, -0.05) is 13.3 Å². The third kappa shape index (κ3) is 3.56. The monoisotopic (exact) mass is 236 g/mol. The Labute approximate surface area is 102 Å². The van der Waals surface area contributed by atoms with Gasteiger partial charge in [-0.05, 0) is 12.5 Å². The molecule has 0 amide bonds. The second-order valence-corrected chi connectivity index (χ2v) is 4.12. The van der Waals surface area contributed by atoms with Crippen molar-refractivity contribution < 1.29 is 4.74 Å². The van der Waals surface area contributed by atoms with Crippen molar-refractivity contribution in [3.8, 4) is 0 Å². The van der Waals surface area contributed by atoms with E-state index in [1.54, 1.807) is 0 Å². The fourth-order valence-electron chi connectivity index (χ4n) is 1.76. The zero-order valence-electron chi connectivity index (χ0n) is 10.4. The lowest BCUT2D eigenvalue weighted by atomic mass is 10.3. The third-order valence-corrected chi connectivity index (χ3v) is 2.77. The standard InChI is InChI=1S/C12H20N4O/c1-2-3-5-13-11-4-6-14-12(15-11)16-7-9-17-10-8-16/h4,6H,2-3,5,7-10H2,1H3,(H,13,14,15). The molecule has 1 saturated heterocycles. The number of nitrogens with zero attached hydrogens (tertiary/aromatic N) is 3. The predicted octanol–water partition coefficient (Wildman–Crippen LogP) is 1.53. The summed E-state index contributed by atoms with van der Waals surface area (Å²) in [4.78, 5) is 11.0. The number of anilines is 2. The summed E-state index contributed by atoms with van der Waals surface area (Å²) < 4.78 is 5.32. The molecule has 1 fully saturated rings. The van der Waals surface area contributed by atoms with Crippen LogP contribution in [0.15, 0.2) is 12.3 Å². The Bertz CT molecular complexity index is 339. The van der Waals surface area contributed by atoms with Crippen LogP contribution in [-0.4, -0.2) is 42.8 Å². The van der Waals surface area contributed by atoms with E-state index in [1.807, 2.05) is 12.3 Å². The number of ether oxygens (including phenoxy) is 1.